The maximum Gasteiger partial charge on any atom is 0.303 e. The molecule has 2 rings (SSSR count). The maximum atomic E-state index is 11.8. The number of nitrogens with zero attached hydrogens (tertiary/aromatic N) is 1. The van der Waals surface area contributed by atoms with E-state index in [2.05, 4.69) is 19.9 Å². The normalized spacial score (nSPS) is 35.1. The minimum absolute atomic E-state index is 0.0405. The molecule has 2 aliphatic rings. The molecule has 5 heteroatoms. The first kappa shape index (κ1) is 20.9. The number of hydrogen-bond acceptors (Lipinski definition) is 4. The van der Waals surface area contributed by atoms with Crippen LogP contribution in [0.15, 0.2) is 11.6 Å². The van der Waals surface area contributed by atoms with Crippen LogP contribution >= 0.6 is 0 Å². The van der Waals surface area contributed by atoms with E-state index < -0.39 is 5.60 Å². The number of esters is 1. The number of carbonyl (C=O) groups excluding carboxylic acids is 2. The number of hydrogen-bond donors (Lipinski definition) is 1. The zero-order valence-electron chi connectivity index (χ0n) is 17.1. The lowest BCUT2D eigenvalue weighted by Crippen LogP contribution is -2.56. The van der Waals surface area contributed by atoms with Gasteiger partial charge in [-0.3, -0.25) is 9.59 Å². The first-order valence-corrected chi connectivity index (χ1v) is 9.93. The zero-order chi connectivity index (χ0) is 19.6. The fourth-order valence-electron chi connectivity index (χ4n) is 4.96. The van der Waals surface area contributed by atoms with E-state index in [9.17, 15) is 14.7 Å². The Kier molecular flexibility index (Phi) is 6.54. The van der Waals surface area contributed by atoms with Crippen LogP contribution in [0.1, 0.15) is 60.8 Å². The summed E-state index contributed by atoms with van der Waals surface area (Å²) in [5.41, 5.74) is 0.171. The predicted octanol–water partition coefficient (Wildman–Crippen LogP) is 3.17. The Bertz CT molecular complexity index is 572. The number of aliphatic hydroxyl groups is 1. The molecule has 0 heterocycles. The molecule has 148 valence electrons. The molecule has 0 aromatic heterocycles. The van der Waals surface area contributed by atoms with E-state index in [1.165, 1.54) is 6.92 Å². The van der Waals surface area contributed by atoms with Gasteiger partial charge in [-0.25, -0.2) is 0 Å². The molecule has 0 radical (unpaired) electrons. The molecule has 0 aromatic carbocycles. The van der Waals surface area contributed by atoms with Gasteiger partial charge in [0.15, 0.2) is 0 Å². The summed E-state index contributed by atoms with van der Waals surface area (Å²) < 4.78 is 5.46. The smallest absolute Gasteiger partial charge is 0.303 e. The summed E-state index contributed by atoms with van der Waals surface area (Å²) in [6.07, 6.45) is 4.27. The Hall–Kier alpha value is -1.36. The van der Waals surface area contributed by atoms with Crippen molar-refractivity contribution in [3.8, 4) is 0 Å². The highest BCUT2D eigenvalue weighted by atomic mass is 16.5. The van der Waals surface area contributed by atoms with Crippen molar-refractivity contribution >= 4 is 11.9 Å². The van der Waals surface area contributed by atoms with Gasteiger partial charge in [0.25, 0.3) is 0 Å². The highest BCUT2D eigenvalue weighted by Crippen LogP contribution is 2.51. The summed E-state index contributed by atoms with van der Waals surface area (Å²) in [5, 5.41) is 11.6. The van der Waals surface area contributed by atoms with Crippen molar-refractivity contribution in [2.75, 3.05) is 13.1 Å². The van der Waals surface area contributed by atoms with Crippen LogP contribution in [0.5, 0.6) is 0 Å². The van der Waals surface area contributed by atoms with Gasteiger partial charge in [0.05, 0.1) is 5.60 Å². The van der Waals surface area contributed by atoms with Gasteiger partial charge in [-0.15, -0.1) is 0 Å². The highest BCUT2D eigenvalue weighted by Gasteiger charge is 2.52. The van der Waals surface area contributed by atoms with Crippen LogP contribution in [0.2, 0.25) is 0 Å². The van der Waals surface area contributed by atoms with E-state index in [0.29, 0.717) is 24.8 Å². The molecular formula is C21H35NO4. The summed E-state index contributed by atoms with van der Waals surface area (Å²) in [6, 6.07) is 0. The lowest BCUT2D eigenvalue weighted by molar-refractivity contribution is -0.159. The number of rotatable bonds is 5. The van der Waals surface area contributed by atoms with Crippen molar-refractivity contribution in [3.63, 3.8) is 0 Å². The topological polar surface area (TPSA) is 66.8 Å². The zero-order valence-corrected chi connectivity index (χ0v) is 17.1. The van der Waals surface area contributed by atoms with E-state index in [4.69, 9.17) is 4.74 Å². The van der Waals surface area contributed by atoms with Crippen LogP contribution in [0.4, 0.5) is 0 Å². The molecule has 0 saturated heterocycles. The number of amides is 1. The molecule has 1 amide bonds. The molecule has 26 heavy (non-hydrogen) atoms. The number of carbonyl (C=O) groups is 2. The average molecular weight is 366 g/mol. The van der Waals surface area contributed by atoms with E-state index in [0.717, 1.165) is 25.0 Å². The highest BCUT2D eigenvalue weighted by molar-refractivity contribution is 5.73. The van der Waals surface area contributed by atoms with Gasteiger partial charge in [-0.1, -0.05) is 19.9 Å². The van der Waals surface area contributed by atoms with Crippen molar-refractivity contribution in [1.82, 2.24) is 4.90 Å². The SMILES string of the molecule is CCN(C[C@@H](C)[C@@H]1CC[C@@H](C)[C@]2(O)C[C@@H](OC(C)=O)C(C)=C[C@H]12)C(C)=O. The largest absolute Gasteiger partial charge is 0.458 e. The summed E-state index contributed by atoms with van der Waals surface area (Å²) in [4.78, 5) is 25.1. The van der Waals surface area contributed by atoms with E-state index >= 15 is 0 Å². The molecule has 2 aliphatic carbocycles. The lowest BCUT2D eigenvalue weighted by atomic mass is 9.57. The van der Waals surface area contributed by atoms with Gasteiger partial charge in [0.2, 0.25) is 5.91 Å². The molecule has 1 N–H and O–H groups in total. The lowest BCUT2D eigenvalue weighted by Gasteiger charge is -2.53. The van der Waals surface area contributed by atoms with Crippen molar-refractivity contribution in [2.24, 2.45) is 23.7 Å². The standard InChI is InChI=1S/C21H35NO4/c1-7-22(16(5)23)12-14(3)18-9-8-15(4)21(25)11-20(26-17(6)24)13(2)10-19(18)21/h10,14-15,18-20,25H,7-9,11-12H2,1-6H3/t14-,15-,18+,19-,20-,21-/m1/s1. The Morgan fingerprint density at radius 3 is 2.58 bits per heavy atom. The fourth-order valence-corrected chi connectivity index (χ4v) is 4.96. The second-order valence-electron chi connectivity index (χ2n) is 8.41. The van der Waals surface area contributed by atoms with Crippen molar-refractivity contribution in [1.29, 1.82) is 0 Å². The molecule has 5 nitrogen and oxygen atoms in total. The molecule has 0 bridgehead atoms. The summed E-state index contributed by atoms with van der Waals surface area (Å²) in [5.74, 6) is 0.615. The van der Waals surface area contributed by atoms with Crippen molar-refractivity contribution in [2.45, 2.75) is 72.5 Å². The third-order valence-corrected chi connectivity index (χ3v) is 6.66. The average Bonchev–Trinajstić information content (AvgIpc) is 2.54. The Labute approximate surface area is 157 Å². The maximum absolute atomic E-state index is 11.8. The Morgan fingerprint density at radius 1 is 1.38 bits per heavy atom. The molecule has 1 saturated carbocycles. The first-order valence-electron chi connectivity index (χ1n) is 9.93. The van der Waals surface area contributed by atoms with Gasteiger partial charge in [-0.2, -0.15) is 0 Å². The Balaban J connectivity index is 2.26. The third kappa shape index (κ3) is 4.13. The van der Waals surface area contributed by atoms with Gasteiger partial charge >= 0.3 is 5.97 Å². The number of fused-ring (bicyclic) bond motifs is 1. The molecule has 1 fully saturated rings. The summed E-state index contributed by atoms with van der Waals surface area (Å²) in [7, 11) is 0. The fraction of sp³-hybridized carbons (Fsp3) is 0.810. The molecular weight excluding hydrogens is 330 g/mol. The van der Waals surface area contributed by atoms with Gasteiger partial charge < -0.3 is 14.7 Å². The van der Waals surface area contributed by atoms with E-state index in [-0.39, 0.29) is 29.8 Å². The molecule has 0 unspecified atom stereocenters. The first-order chi connectivity index (χ1) is 12.1. The second kappa shape index (κ2) is 8.12. The molecule has 6 atom stereocenters. The minimum atomic E-state index is -0.857. The predicted molar refractivity (Wildman–Crippen MR) is 101 cm³/mol. The van der Waals surface area contributed by atoms with Crippen LogP contribution in [0.25, 0.3) is 0 Å². The van der Waals surface area contributed by atoms with Gasteiger partial charge in [0, 0.05) is 39.3 Å². The minimum Gasteiger partial charge on any atom is -0.458 e. The Morgan fingerprint density at radius 2 is 2.04 bits per heavy atom. The van der Waals surface area contributed by atoms with Crippen molar-refractivity contribution < 1.29 is 19.4 Å². The van der Waals surface area contributed by atoms with Gasteiger partial charge in [0.1, 0.15) is 6.10 Å². The van der Waals surface area contributed by atoms with Gasteiger partial charge in [-0.05, 0) is 50.0 Å². The number of ether oxygens (including phenoxy) is 1. The molecule has 0 aliphatic heterocycles. The van der Waals surface area contributed by atoms with E-state index in [1.54, 1.807) is 6.92 Å². The quantitative estimate of drug-likeness (QED) is 0.600. The molecule has 0 aromatic rings. The monoisotopic (exact) mass is 365 g/mol. The summed E-state index contributed by atoms with van der Waals surface area (Å²) >= 11 is 0. The van der Waals surface area contributed by atoms with Crippen LogP contribution in [-0.4, -0.2) is 46.7 Å². The third-order valence-electron chi connectivity index (χ3n) is 6.66. The van der Waals surface area contributed by atoms with E-state index in [1.807, 2.05) is 18.7 Å². The summed E-state index contributed by atoms with van der Waals surface area (Å²) in [6.45, 7) is 12.7. The van der Waals surface area contributed by atoms with Crippen LogP contribution in [0.3, 0.4) is 0 Å². The van der Waals surface area contributed by atoms with Crippen LogP contribution < -0.4 is 0 Å². The second-order valence-corrected chi connectivity index (χ2v) is 8.41. The van der Waals surface area contributed by atoms with Crippen LogP contribution in [-0.2, 0) is 14.3 Å². The molecule has 0 spiro atoms. The van der Waals surface area contributed by atoms with Crippen LogP contribution in [0, 0.1) is 23.7 Å². The van der Waals surface area contributed by atoms with Crippen molar-refractivity contribution in [3.05, 3.63) is 11.6 Å².